The fourth-order valence-corrected chi connectivity index (χ4v) is 4.94. The molecule has 1 aromatic carbocycles. The number of piperidine rings is 1. The molecule has 6 nitrogen and oxygen atoms in total. The van der Waals surface area contributed by atoms with Crippen LogP contribution in [-0.4, -0.2) is 39.5 Å². The summed E-state index contributed by atoms with van der Waals surface area (Å²) in [5.41, 5.74) is 3.90. The number of nitrogens with one attached hydrogen (secondary N) is 1. The molecule has 1 fully saturated rings. The molecule has 134 valence electrons. The van der Waals surface area contributed by atoms with Crippen LogP contribution < -0.4 is 0 Å². The highest BCUT2D eigenvalue weighted by molar-refractivity contribution is 5.97. The second kappa shape index (κ2) is 5.37. The van der Waals surface area contributed by atoms with E-state index in [2.05, 4.69) is 11.1 Å². The van der Waals surface area contributed by atoms with Crippen molar-refractivity contribution in [3.8, 4) is 0 Å². The first kappa shape index (κ1) is 15.5. The van der Waals surface area contributed by atoms with Crippen LogP contribution in [0.2, 0.25) is 0 Å². The highest BCUT2D eigenvalue weighted by Gasteiger charge is 2.50. The van der Waals surface area contributed by atoms with Gasteiger partial charge in [-0.25, -0.2) is 0 Å². The van der Waals surface area contributed by atoms with Gasteiger partial charge in [-0.05, 0) is 31.4 Å². The standard InChI is InChI=1S/C20H20N2O4/c1-10-17(20(24)25)13-8-16-18-12(11-4-2-3-5-15(11)21-18)6-7-22(16)19(23)14(13)9-26-10/h2-5,9-10,13,16-17,21H,6-8H2,1H3,(H,24,25)/t10-,13-,16+,17-/m1/s1. The molecule has 6 heteroatoms. The van der Waals surface area contributed by atoms with Gasteiger partial charge in [0.05, 0.1) is 17.9 Å². The van der Waals surface area contributed by atoms with E-state index in [-0.39, 0.29) is 17.9 Å². The number of aliphatic carboxylic acids is 1. The summed E-state index contributed by atoms with van der Waals surface area (Å²) in [5, 5.41) is 10.9. The minimum atomic E-state index is -0.901. The van der Waals surface area contributed by atoms with E-state index in [0.717, 1.165) is 17.6 Å². The van der Waals surface area contributed by atoms with Crippen LogP contribution in [-0.2, 0) is 20.7 Å². The molecule has 0 saturated carbocycles. The summed E-state index contributed by atoms with van der Waals surface area (Å²) in [5.74, 6) is -2.01. The van der Waals surface area contributed by atoms with Gasteiger partial charge < -0.3 is 19.7 Å². The quantitative estimate of drug-likeness (QED) is 0.826. The Balaban J connectivity index is 1.62. The molecule has 4 atom stereocenters. The van der Waals surface area contributed by atoms with Crippen molar-refractivity contribution < 1.29 is 19.4 Å². The Labute approximate surface area is 150 Å². The molecule has 3 aliphatic rings. The zero-order chi connectivity index (χ0) is 18.0. The van der Waals surface area contributed by atoms with Crippen molar-refractivity contribution in [2.75, 3.05) is 6.54 Å². The van der Waals surface area contributed by atoms with E-state index < -0.39 is 18.0 Å². The maximum absolute atomic E-state index is 13.1. The predicted molar refractivity (Wildman–Crippen MR) is 94.3 cm³/mol. The van der Waals surface area contributed by atoms with Crippen LogP contribution in [0, 0.1) is 11.8 Å². The molecule has 0 unspecified atom stereocenters. The zero-order valence-corrected chi connectivity index (χ0v) is 14.4. The third-order valence-electron chi connectivity index (χ3n) is 6.18. The van der Waals surface area contributed by atoms with Crippen molar-refractivity contribution in [1.29, 1.82) is 0 Å². The lowest BCUT2D eigenvalue weighted by Gasteiger charge is -2.46. The summed E-state index contributed by atoms with van der Waals surface area (Å²) >= 11 is 0. The Morgan fingerprint density at radius 1 is 1.35 bits per heavy atom. The molecule has 0 aliphatic carbocycles. The molecule has 0 bridgehead atoms. The van der Waals surface area contributed by atoms with E-state index in [1.165, 1.54) is 17.2 Å². The van der Waals surface area contributed by atoms with E-state index in [1.807, 2.05) is 23.1 Å². The number of carbonyl (C=O) groups is 2. The number of fused-ring (bicyclic) bond motifs is 6. The fraction of sp³-hybridized carbons (Fsp3) is 0.400. The Morgan fingerprint density at radius 2 is 2.15 bits per heavy atom. The van der Waals surface area contributed by atoms with Crippen LogP contribution in [0.1, 0.15) is 30.6 Å². The number of carboxylic acids is 1. The number of hydrogen-bond donors (Lipinski definition) is 2. The first-order valence-corrected chi connectivity index (χ1v) is 9.05. The maximum Gasteiger partial charge on any atom is 0.310 e. The van der Waals surface area contributed by atoms with Gasteiger partial charge in [-0.2, -0.15) is 0 Å². The van der Waals surface area contributed by atoms with E-state index in [4.69, 9.17) is 4.74 Å². The lowest BCUT2D eigenvalue weighted by molar-refractivity contribution is -0.152. The largest absolute Gasteiger partial charge is 0.497 e. The maximum atomic E-state index is 13.1. The Morgan fingerprint density at radius 3 is 2.96 bits per heavy atom. The van der Waals surface area contributed by atoms with Crippen LogP contribution in [0.3, 0.4) is 0 Å². The molecular formula is C20H20N2O4. The number of aromatic amines is 1. The van der Waals surface area contributed by atoms with Crippen LogP contribution >= 0.6 is 0 Å². The minimum Gasteiger partial charge on any atom is -0.497 e. The van der Waals surface area contributed by atoms with Crippen LogP contribution in [0.15, 0.2) is 36.1 Å². The number of rotatable bonds is 1. The third-order valence-corrected chi connectivity index (χ3v) is 6.18. The first-order chi connectivity index (χ1) is 12.6. The summed E-state index contributed by atoms with van der Waals surface area (Å²) in [6.45, 7) is 2.41. The first-order valence-electron chi connectivity index (χ1n) is 9.05. The van der Waals surface area contributed by atoms with E-state index in [9.17, 15) is 14.7 Å². The number of H-pyrrole nitrogens is 1. The number of para-hydroxylation sites is 1. The van der Waals surface area contributed by atoms with Gasteiger partial charge in [-0.1, -0.05) is 18.2 Å². The number of ether oxygens (including phenoxy) is 1. The van der Waals surface area contributed by atoms with Gasteiger partial charge in [0.15, 0.2) is 0 Å². The van der Waals surface area contributed by atoms with Crippen molar-refractivity contribution in [1.82, 2.24) is 9.88 Å². The second-order valence-corrected chi connectivity index (χ2v) is 7.45. The summed E-state index contributed by atoms with van der Waals surface area (Å²) in [4.78, 5) is 30.3. The Hall–Kier alpha value is -2.76. The number of hydrogen-bond acceptors (Lipinski definition) is 3. The SMILES string of the molecule is C[C@H]1OC=C2C(=O)N3CCc4c([nH]c5ccccc45)[C@@H]3C[C@H]2[C@@H]1C(=O)O. The Kier molecular flexibility index (Phi) is 3.20. The summed E-state index contributed by atoms with van der Waals surface area (Å²) in [6.07, 6.45) is 2.47. The summed E-state index contributed by atoms with van der Waals surface area (Å²) in [7, 11) is 0. The van der Waals surface area contributed by atoms with Crippen molar-refractivity contribution in [3.63, 3.8) is 0 Å². The topological polar surface area (TPSA) is 82.6 Å². The molecule has 5 rings (SSSR count). The summed E-state index contributed by atoms with van der Waals surface area (Å²) in [6, 6.07) is 8.07. The van der Waals surface area contributed by atoms with Gasteiger partial charge in [0.25, 0.3) is 5.91 Å². The number of aromatic nitrogens is 1. The van der Waals surface area contributed by atoms with Crippen molar-refractivity contribution >= 4 is 22.8 Å². The van der Waals surface area contributed by atoms with E-state index in [1.54, 1.807) is 6.92 Å². The molecule has 3 aliphatic heterocycles. The van der Waals surface area contributed by atoms with Crippen LogP contribution in [0.5, 0.6) is 0 Å². The lowest BCUT2D eigenvalue weighted by Crippen LogP contribution is -2.51. The van der Waals surface area contributed by atoms with Crippen molar-refractivity contribution in [2.24, 2.45) is 11.8 Å². The molecule has 4 heterocycles. The van der Waals surface area contributed by atoms with Gasteiger partial charge in [0.2, 0.25) is 0 Å². The van der Waals surface area contributed by atoms with E-state index >= 15 is 0 Å². The molecule has 2 N–H and O–H groups in total. The molecular weight excluding hydrogens is 332 g/mol. The van der Waals surface area contributed by atoms with Gasteiger partial charge in [-0.3, -0.25) is 9.59 Å². The number of carbonyl (C=O) groups excluding carboxylic acids is 1. The fourth-order valence-electron chi connectivity index (χ4n) is 4.94. The van der Waals surface area contributed by atoms with Crippen LogP contribution in [0.25, 0.3) is 10.9 Å². The van der Waals surface area contributed by atoms with Gasteiger partial charge in [-0.15, -0.1) is 0 Å². The molecule has 2 aromatic rings. The van der Waals surface area contributed by atoms with Crippen molar-refractivity contribution in [2.45, 2.75) is 31.9 Å². The van der Waals surface area contributed by atoms with E-state index in [0.29, 0.717) is 18.5 Å². The van der Waals surface area contributed by atoms with Crippen LogP contribution in [0.4, 0.5) is 0 Å². The second-order valence-electron chi connectivity index (χ2n) is 7.45. The molecule has 0 radical (unpaired) electrons. The molecule has 1 amide bonds. The number of nitrogens with zero attached hydrogens (tertiary/aromatic N) is 1. The molecule has 1 aromatic heterocycles. The minimum absolute atomic E-state index is 0.0892. The van der Waals surface area contributed by atoms with Gasteiger partial charge in [0.1, 0.15) is 12.0 Å². The molecule has 1 saturated heterocycles. The predicted octanol–water partition coefficient (Wildman–Crippen LogP) is 2.62. The monoisotopic (exact) mass is 352 g/mol. The number of carboxylic acid groups (broad SMARTS) is 1. The molecule has 26 heavy (non-hydrogen) atoms. The van der Waals surface area contributed by atoms with Gasteiger partial charge in [0, 0.05) is 29.1 Å². The van der Waals surface area contributed by atoms with Crippen molar-refractivity contribution in [3.05, 3.63) is 47.4 Å². The lowest BCUT2D eigenvalue weighted by atomic mass is 9.72. The third kappa shape index (κ3) is 1.98. The zero-order valence-electron chi connectivity index (χ0n) is 14.4. The number of benzene rings is 1. The highest BCUT2D eigenvalue weighted by atomic mass is 16.5. The number of amides is 1. The molecule has 0 spiro atoms. The average Bonchev–Trinajstić information content (AvgIpc) is 3.00. The Bertz CT molecular complexity index is 960. The van der Waals surface area contributed by atoms with Gasteiger partial charge >= 0.3 is 5.97 Å². The highest BCUT2D eigenvalue weighted by Crippen LogP contribution is 2.47. The smallest absolute Gasteiger partial charge is 0.310 e. The average molecular weight is 352 g/mol. The normalized spacial score (nSPS) is 30.1. The summed E-state index contributed by atoms with van der Waals surface area (Å²) < 4.78 is 5.49.